The number of ether oxygens (including phenoxy) is 1. The van der Waals surface area contributed by atoms with Crippen LogP contribution in [0.3, 0.4) is 0 Å². The average Bonchev–Trinajstić information content (AvgIpc) is 2.61. The Kier molecular flexibility index (Phi) is 7.47. The summed E-state index contributed by atoms with van der Waals surface area (Å²) in [5.74, 6) is 0.545. The van der Waals surface area contributed by atoms with Gasteiger partial charge in [0.15, 0.2) is 0 Å². The Morgan fingerprint density at radius 2 is 1.78 bits per heavy atom. The van der Waals surface area contributed by atoms with Crippen molar-refractivity contribution >= 4 is 17.8 Å². The number of hydrogen-bond acceptors (Lipinski definition) is 4. The normalized spacial score (nSPS) is 15.3. The fraction of sp³-hybridized carbons (Fsp3) is 0.600. The third-order valence-corrected chi connectivity index (χ3v) is 4.31. The smallest absolute Gasteiger partial charge is 0.410 e. The van der Waals surface area contributed by atoms with Gasteiger partial charge in [0.2, 0.25) is 0 Å². The predicted octanol–water partition coefficient (Wildman–Crippen LogP) is 3.95. The fourth-order valence-electron chi connectivity index (χ4n) is 3.00. The van der Waals surface area contributed by atoms with E-state index < -0.39 is 5.60 Å². The summed E-state index contributed by atoms with van der Waals surface area (Å²) in [4.78, 5) is 30.3. The number of benzene rings is 1. The molecule has 3 amide bonds. The van der Waals surface area contributed by atoms with Crippen molar-refractivity contribution in [3.8, 4) is 0 Å². The van der Waals surface area contributed by atoms with Gasteiger partial charge in [0.1, 0.15) is 5.60 Å². The van der Waals surface area contributed by atoms with Crippen molar-refractivity contribution < 1.29 is 19.2 Å². The Morgan fingerprint density at radius 3 is 2.33 bits per heavy atom. The number of hydrogen-bond donors (Lipinski definition) is 2. The maximum absolute atomic E-state index is 12.1. The van der Waals surface area contributed by atoms with Gasteiger partial charge in [-0.1, -0.05) is 12.1 Å². The van der Waals surface area contributed by atoms with Gasteiger partial charge in [-0.3, -0.25) is 4.84 Å². The maximum atomic E-state index is 12.1. The fourth-order valence-corrected chi connectivity index (χ4v) is 3.00. The van der Waals surface area contributed by atoms with Crippen molar-refractivity contribution in [2.75, 3.05) is 25.0 Å². The highest BCUT2D eigenvalue weighted by molar-refractivity contribution is 5.88. The number of urea groups is 1. The third-order valence-electron chi connectivity index (χ3n) is 4.31. The first kappa shape index (κ1) is 21.0. The van der Waals surface area contributed by atoms with Gasteiger partial charge in [0.05, 0.1) is 6.61 Å². The van der Waals surface area contributed by atoms with E-state index in [-0.39, 0.29) is 12.1 Å². The van der Waals surface area contributed by atoms with E-state index in [1.54, 1.807) is 11.8 Å². The van der Waals surface area contributed by atoms with Gasteiger partial charge in [-0.25, -0.2) is 15.1 Å². The summed E-state index contributed by atoms with van der Waals surface area (Å²) in [7, 11) is 0. The number of nitrogens with zero attached hydrogens (tertiary/aromatic N) is 1. The number of anilines is 1. The molecule has 27 heavy (non-hydrogen) atoms. The third kappa shape index (κ3) is 7.46. The minimum absolute atomic E-state index is 0.221. The van der Waals surface area contributed by atoms with Crippen LogP contribution in [0.15, 0.2) is 24.3 Å². The van der Waals surface area contributed by atoms with Crippen molar-refractivity contribution in [2.24, 2.45) is 5.92 Å². The van der Waals surface area contributed by atoms with E-state index in [1.165, 1.54) is 5.56 Å². The molecule has 2 N–H and O–H groups in total. The molecule has 0 radical (unpaired) electrons. The molecule has 0 saturated carbocycles. The lowest BCUT2D eigenvalue weighted by Crippen LogP contribution is -2.42. The lowest BCUT2D eigenvalue weighted by Gasteiger charge is -2.33. The first-order chi connectivity index (χ1) is 12.8. The van der Waals surface area contributed by atoms with E-state index in [1.807, 2.05) is 45.0 Å². The maximum Gasteiger partial charge on any atom is 0.410 e. The van der Waals surface area contributed by atoms with Gasteiger partial charge in [-0.15, -0.1) is 0 Å². The van der Waals surface area contributed by atoms with Crippen LogP contribution in [0.4, 0.5) is 15.3 Å². The topological polar surface area (TPSA) is 79.9 Å². The van der Waals surface area contributed by atoms with Crippen LogP contribution in [0.25, 0.3) is 0 Å². The molecule has 2 rings (SSSR count). The van der Waals surface area contributed by atoms with Gasteiger partial charge in [-0.05, 0) is 70.6 Å². The first-order valence-corrected chi connectivity index (χ1v) is 9.52. The number of likely N-dealkylation sites (tertiary alicyclic amines) is 1. The Bertz CT molecular complexity index is 617. The zero-order valence-electron chi connectivity index (χ0n) is 16.7. The van der Waals surface area contributed by atoms with Crippen LogP contribution in [0.2, 0.25) is 0 Å². The van der Waals surface area contributed by atoms with E-state index in [2.05, 4.69) is 10.8 Å². The number of carbonyl (C=O) groups is 2. The van der Waals surface area contributed by atoms with E-state index in [0.29, 0.717) is 12.5 Å². The van der Waals surface area contributed by atoms with Crippen LogP contribution in [0.1, 0.15) is 46.1 Å². The second-order valence-corrected chi connectivity index (χ2v) is 7.80. The largest absolute Gasteiger partial charge is 0.444 e. The summed E-state index contributed by atoms with van der Waals surface area (Å²) in [6.07, 6.45) is 2.68. The number of nitrogens with one attached hydrogen (secondary N) is 2. The first-order valence-electron chi connectivity index (χ1n) is 9.52. The molecule has 1 aromatic carbocycles. The summed E-state index contributed by atoms with van der Waals surface area (Å²) in [6, 6.07) is 7.43. The molecule has 0 aliphatic carbocycles. The molecule has 1 heterocycles. The summed E-state index contributed by atoms with van der Waals surface area (Å²) in [5, 5.41) is 2.71. The van der Waals surface area contributed by atoms with E-state index >= 15 is 0 Å². The van der Waals surface area contributed by atoms with Gasteiger partial charge in [-0.2, -0.15) is 0 Å². The highest BCUT2D eigenvalue weighted by Crippen LogP contribution is 2.23. The van der Waals surface area contributed by atoms with Gasteiger partial charge in [0, 0.05) is 18.8 Å². The molecule has 0 unspecified atom stereocenters. The molecule has 1 aliphatic rings. The van der Waals surface area contributed by atoms with Gasteiger partial charge < -0.3 is 15.0 Å². The molecule has 150 valence electrons. The Labute approximate surface area is 161 Å². The average molecular weight is 377 g/mol. The lowest BCUT2D eigenvalue weighted by atomic mass is 9.90. The molecule has 1 saturated heterocycles. The highest BCUT2D eigenvalue weighted by atomic mass is 16.7. The molecule has 0 spiro atoms. The van der Waals surface area contributed by atoms with Gasteiger partial charge >= 0.3 is 12.1 Å². The van der Waals surface area contributed by atoms with Crippen molar-refractivity contribution in [2.45, 2.75) is 52.6 Å². The molecule has 1 fully saturated rings. The van der Waals surface area contributed by atoms with E-state index in [0.717, 1.165) is 38.0 Å². The van der Waals surface area contributed by atoms with Crippen LogP contribution >= 0.6 is 0 Å². The van der Waals surface area contributed by atoms with Gasteiger partial charge in [0.25, 0.3) is 0 Å². The molecular formula is C20H31N3O4. The van der Waals surface area contributed by atoms with Crippen LogP contribution in [-0.2, 0) is 16.0 Å². The molecule has 1 aliphatic heterocycles. The molecule has 0 aromatic heterocycles. The number of hydroxylamine groups is 1. The molecule has 0 atom stereocenters. The molecular weight excluding hydrogens is 346 g/mol. The number of rotatable bonds is 5. The second kappa shape index (κ2) is 9.60. The number of piperidine rings is 1. The number of amides is 3. The van der Waals surface area contributed by atoms with E-state index in [4.69, 9.17) is 9.57 Å². The standard InChI is InChI=1S/C20H31N3O4/c1-5-26-22-18(24)21-17-8-6-15(7-9-17)14-16-10-12-23(13-11-16)19(25)27-20(2,3)4/h6-9,16H,5,10-14H2,1-4H3,(H2,21,22,24). The van der Waals surface area contributed by atoms with Crippen LogP contribution in [0.5, 0.6) is 0 Å². The predicted molar refractivity (Wildman–Crippen MR) is 104 cm³/mol. The van der Waals surface area contributed by atoms with Crippen LogP contribution in [-0.4, -0.2) is 42.3 Å². The SMILES string of the molecule is CCONC(=O)Nc1ccc(CC2CCN(C(=O)OC(C)(C)C)CC2)cc1. The molecule has 1 aromatic rings. The minimum atomic E-state index is -0.455. The van der Waals surface area contributed by atoms with Crippen molar-refractivity contribution in [3.63, 3.8) is 0 Å². The summed E-state index contributed by atoms with van der Waals surface area (Å²) in [6.45, 7) is 9.34. The van der Waals surface area contributed by atoms with Crippen LogP contribution < -0.4 is 10.8 Å². The molecule has 7 heteroatoms. The monoisotopic (exact) mass is 377 g/mol. The second-order valence-electron chi connectivity index (χ2n) is 7.80. The van der Waals surface area contributed by atoms with Crippen molar-refractivity contribution in [1.29, 1.82) is 0 Å². The Morgan fingerprint density at radius 1 is 1.15 bits per heavy atom. The van der Waals surface area contributed by atoms with Crippen molar-refractivity contribution in [1.82, 2.24) is 10.4 Å². The Hall–Kier alpha value is -2.28. The summed E-state index contributed by atoms with van der Waals surface area (Å²) < 4.78 is 5.44. The van der Waals surface area contributed by atoms with Crippen molar-refractivity contribution in [3.05, 3.63) is 29.8 Å². The Balaban J connectivity index is 1.77. The highest BCUT2D eigenvalue weighted by Gasteiger charge is 2.26. The molecule has 0 bridgehead atoms. The minimum Gasteiger partial charge on any atom is -0.444 e. The lowest BCUT2D eigenvalue weighted by molar-refractivity contribution is 0.0184. The zero-order chi connectivity index (χ0) is 19.9. The zero-order valence-corrected chi connectivity index (χ0v) is 16.7. The summed E-state index contributed by atoms with van der Waals surface area (Å²) >= 11 is 0. The quantitative estimate of drug-likeness (QED) is 0.762. The van der Waals surface area contributed by atoms with Crippen LogP contribution in [0, 0.1) is 5.92 Å². The number of carbonyl (C=O) groups excluding carboxylic acids is 2. The van der Waals surface area contributed by atoms with E-state index in [9.17, 15) is 9.59 Å². The summed E-state index contributed by atoms with van der Waals surface area (Å²) in [5.41, 5.74) is 3.78. The molecule has 7 nitrogen and oxygen atoms in total.